The molecule has 2 rings (SSSR count). The van der Waals surface area contributed by atoms with E-state index >= 15 is 0 Å². The number of hydrogen-bond acceptors (Lipinski definition) is 5. The van der Waals surface area contributed by atoms with Crippen LogP contribution in [0, 0.1) is 0 Å². The van der Waals surface area contributed by atoms with E-state index in [2.05, 4.69) is 25.7 Å². The molecule has 0 saturated heterocycles. The maximum Gasteiger partial charge on any atom is 0.251 e. The summed E-state index contributed by atoms with van der Waals surface area (Å²) in [6, 6.07) is 3.39. The van der Waals surface area contributed by atoms with Crippen molar-refractivity contribution < 1.29 is 4.79 Å². The van der Waals surface area contributed by atoms with Crippen molar-refractivity contribution in [1.82, 2.24) is 20.3 Å². The largest absolute Gasteiger partial charge is 0.347 e. The first-order valence-corrected chi connectivity index (χ1v) is 6.34. The maximum atomic E-state index is 12.1. The molecule has 20 heavy (non-hydrogen) atoms. The summed E-state index contributed by atoms with van der Waals surface area (Å²) in [6.45, 7) is 4.41. The molecular weight excluding hydrogens is 256 g/mol. The van der Waals surface area contributed by atoms with Gasteiger partial charge in [-0.1, -0.05) is 13.8 Å². The number of nitrogens with one attached hydrogen (secondary N) is 3. The molecule has 2 aromatic rings. The molecule has 2 aromatic heterocycles. The highest BCUT2D eigenvalue weighted by molar-refractivity contribution is 5.94. The molecule has 0 aromatic carbocycles. The number of hydrogen-bond donors (Lipinski definition) is 4. The fraction of sp³-hybridized carbons (Fsp3) is 0.308. The number of nitrogens with two attached hydrogens (primary N) is 1. The van der Waals surface area contributed by atoms with Gasteiger partial charge in [0.05, 0.1) is 18.6 Å². The molecule has 1 amide bonds. The Hall–Kier alpha value is -2.41. The Morgan fingerprint density at radius 2 is 2.25 bits per heavy atom. The molecule has 5 N–H and O–H groups in total. The van der Waals surface area contributed by atoms with Gasteiger partial charge in [0.2, 0.25) is 0 Å². The number of aromatic amines is 1. The molecule has 0 spiro atoms. The number of carbonyl (C=O) groups excluding carboxylic acids is 1. The van der Waals surface area contributed by atoms with Gasteiger partial charge in [0.1, 0.15) is 5.82 Å². The zero-order valence-corrected chi connectivity index (χ0v) is 11.5. The molecule has 0 fully saturated rings. The number of pyridine rings is 1. The van der Waals surface area contributed by atoms with Crippen LogP contribution in [0.25, 0.3) is 0 Å². The van der Waals surface area contributed by atoms with Crippen LogP contribution in [-0.4, -0.2) is 20.9 Å². The Morgan fingerprint density at radius 1 is 1.45 bits per heavy atom. The van der Waals surface area contributed by atoms with Crippen LogP contribution in [0.2, 0.25) is 0 Å². The van der Waals surface area contributed by atoms with Crippen LogP contribution < -0.4 is 16.6 Å². The summed E-state index contributed by atoms with van der Waals surface area (Å²) >= 11 is 0. The molecular formula is C13H18N6O. The van der Waals surface area contributed by atoms with Crippen LogP contribution in [0.5, 0.6) is 0 Å². The number of rotatable bonds is 5. The number of aromatic nitrogens is 3. The average Bonchev–Trinajstić information content (AvgIpc) is 2.97. The highest BCUT2D eigenvalue weighted by Crippen LogP contribution is 2.17. The first kappa shape index (κ1) is 14.0. The molecule has 0 atom stereocenters. The Morgan fingerprint density at radius 3 is 2.85 bits per heavy atom. The number of hydrazine groups is 1. The van der Waals surface area contributed by atoms with Crippen molar-refractivity contribution in [3.63, 3.8) is 0 Å². The highest BCUT2D eigenvalue weighted by atomic mass is 16.1. The minimum atomic E-state index is -0.180. The third-order valence-corrected chi connectivity index (χ3v) is 2.84. The lowest BCUT2D eigenvalue weighted by Crippen LogP contribution is -2.24. The number of nitrogens with zero attached hydrogens (tertiary/aromatic N) is 2. The minimum Gasteiger partial charge on any atom is -0.347 e. The van der Waals surface area contributed by atoms with Gasteiger partial charge in [0, 0.05) is 17.5 Å². The lowest BCUT2D eigenvalue weighted by molar-refractivity contribution is 0.0950. The Bertz CT molecular complexity index is 579. The summed E-state index contributed by atoms with van der Waals surface area (Å²) in [5, 5.41) is 2.81. The number of carbonyl (C=O) groups is 1. The highest BCUT2D eigenvalue weighted by Gasteiger charge is 2.11. The van der Waals surface area contributed by atoms with Crippen molar-refractivity contribution in [2.75, 3.05) is 5.43 Å². The van der Waals surface area contributed by atoms with Gasteiger partial charge in [-0.2, -0.15) is 0 Å². The third-order valence-electron chi connectivity index (χ3n) is 2.84. The van der Waals surface area contributed by atoms with Gasteiger partial charge in [-0.15, -0.1) is 0 Å². The second-order valence-electron chi connectivity index (χ2n) is 4.72. The zero-order valence-electron chi connectivity index (χ0n) is 11.5. The van der Waals surface area contributed by atoms with E-state index in [-0.39, 0.29) is 11.8 Å². The van der Waals surface area contributed by atoms with Crippen molar-refractivity contribution in [2.24, 2.45) is 5.84 Å². The summed E-state index contributed by atoms with van der Waals surface area (Å²) in [7, 11) is 0. The van der Waals surface area contributed by atoms with Crippen LogP contribution in [0.3, 0.4) is 0 Å². The Kier molecular flexibility index (Phi) is 4.31. The molecule has 0 aliphatic rings. The van der Waals surface area contributed by atoms with Gasteiger partial charge in [-0.05, 0) is 18.1 Å². The number of nitrogen functional groups attached to an aromatic ring is 1. The molecule has 0 saturated carbocycles. The lowest BCUT2D eigenvalue weighted by atomic mass is 10.1. The molecule has 106 valence electrons. The van der Waals surface area contributed by atoms with E-state index in [0.717, 1.165) is 11.4 Å². The van der Waals surface area contributed by atoms with Gasteiger partial charge in [-0.25, -0.2) is 15.8 Å². The standard InChI is InChI=1S/C13H18N6O/c1-8(2)11-3-9(4-12(18-11)19-14)13(20)16-6-10-5-15-7-17-10/h3-5,7-8H,6,14H2,1-2H3,(H,15,17)(H,16,20)(H,18,19). The summed E-state index contributed by atoms with van der Waals surface area (Å²) in [5.41, 5.74) is 4.66. The maximum absolute atomic E-state index is 12.1. The number of amides is 1. The summed E-state index contributed by atoms with van der Waals surface area (Å²) < 4.78 is 0. The number of imidazole rings is 1. The van der Waals surface area contributed by atoms with E-state index in [4.69, 9.17) is 5.84 Å². The second-order valence-corrected chi connectivity index (χ2v) is 4.72. The zero-order chi connectivity index (χ0) is 14.5. The molecule has 0 unspecified atom stereocenters. The van der Waals surface area contributed by atoms with Crippen molar-refractivity contribution in [3.8, 4) is 0 Å². The SMILES string of the molecule is CC(C)c1cc(C(=O)NCc2cnc[nH]2)cc(NN)n1. The molecule has 0 radical (unpaired) electrons. The van der Waals surface area contributed by atoms with E-state index in [1.165, 1.54) is 0 Å². The smallest absolute Gasteiger partial charge is 0.251 e. The van der Waals surface area contributed by atoms with Crippen molar-refractivity contribution in [3.05, 3.63) is 41.6 Å². The molecule has 0 bridgehead atoms. The second kappa shape index (κ2) is 6.16. The topological polar surface area (TPSA) is 109 Å². The molecule has 7 heteroatoms. The summed E-state index contributed by atoms with van der Waals surface area (Å²) in [5.74, 6) is 5.89. The Labute approximate surface area is 117 Å². The van der Waals surface area contributed by atoms with E-state index in [0.29, 0.717) is 17.9 Å². The van der Waals surface area contributed by atoms with E-state index in [1.807, 2.05) is 13.8 Å². The lowest BCUT2D eigenvalue weighted by Gasteiger charge is -2.10. The van der Waals surface area contributed by atoms with E-state index in [1.54, 1.807) is 24.7 Å². The number of anilines is 1. The third kappa shape index (κ3) is 3.33. The van der Waals surface area contributed by atoms with Crippen LogP contribution in [0.1, 0.15) is 41.5 Å². The molecule has 7 nitrogen and oxygen atoms in total. The van der Waals surface area contributed by atoms with E-state index < -0.39 is 0 Å². The fourth-order valence-electron chi connectivity index (χ4n) is 1.71. The summed E-state index contributed by atoms with van der Waals surface area (Å²) in [6.07, 6.45) is 3.24. The number of H-pyrrole nitrogens is 1. The molecule has 0 aliphatic carbocycles. The van der Waals surface area contributed by atoms with Crippen LogP contribution in [-0.2, 0) is 6.54 Å². The normalized spacial score (nSPS) is 10.6. The van der Waals surface area contributed by atoms with Crippen LogP contribution >= 0.6 is 0 Å². The van der Waals surface area contributed by atoms with Crippen molar-refractivity contribution in [2.45, 2.75) is 26.3 Å². The molecule has 0 aliphatic heterocycles. The van der Waals surface area contributed by atoms with Gasteiger partial charge < -0.3 is 15.7 Å². The quantitative estimate of drug-likeness (QED) is 0.483. The average molecular weight is 274 g/mol. The van der Waals surface area contributed by atoms with E-state index in [9.17, 15) is 4.79 Å². The first-order valence-electron chi connectivity index (χ1n) is 6.34. The Balaban J connectivity index is 2.14. The van der Waals surface area contributed by atoms with Crippen molar-refractivity contribution in [1.29, 1.82) is 0 Å². The minimum absolute atomic E-state index is 0.180. The summed E-state index contributed by atoms with van der Waals surface area (Å²) in [4.78, 5) is 23.3. The predicted octanol–water partition coefficient (Wildman–Crippen LogP) is 1.14. The fourth-order valence-corrected chi connectivity index (χ4v) is 1.71. The van der Waals surface area contributed by atoms with Gasteiger partial charge in [0.25, 0.3) is 5.91 Å². The van der Waals surface area contributed by atoms with Crippen LogP contribution in [0.15, 0.2) is 24.7 Å². The monoisotopic (exact) mass is 274 g/mol. The van der Waals surface area contributed by atoms with Gasteiger partial charge in [0.15, 0.2) is 0 Å². The van der Waals surface area contributed by atoms with Crippen molar-refractivity contribution >= 4 is 11.7 Å². The first-order chi connectivity index (χ1) is 9.60. The van der Waals surface area contributed by atoms with Gasteiger partial charge >= 0.3 is 0 Å². The predicted molar refractivity (Wildman–Crippen MR) is 75.9 cm³/mol. The van der Waals surface area contributed by atoms with Crippen LogP contribution in [0.4, 0.5) is 5.82 Å². The van der Waals surface area contributed by atoms with Gasteiger partial charge in [-0.3, -0.25) is 4.79 Å². The molecule has 2 heterocycles.